The summed E-state index contributed by atoms with van der Waals surface area (Å²) in [6.07, 6.45) is 2.01. The third-order valence-corrected chi connectivity index (χ3v) is 3.33. The Bertz CT molecular complexity index is 306. The minimum atomic E-state index is -0.114. The highest BCUT2D eigenvalue weighted by molar-refractivity contribution is 5.86. The highest BCUT2D eigenvalue weighted by atomic mass is 16.5. The summed E-state index contributed by atoms with van der Waals surface area (Å²) in [6, 6.07) is 0.106. The molecule has 90 valence electrons. The zero-order chi connectivity index (χ0) is 11.8. The van der Waals surface area contributed by atoms with Crippen molar-refractivity contribution in [1.82, 2.24) is 10.2 Å². The molecule has 1 saturated carbocycles. The molecule has 0 unspecified atom stereocenters. The summed E-state index contributed by atoms with van der Waals surface area (Å²) < 4.78 is 4.72. The topological polar surface area (TPSA) is 58.6 Å². The van der Waals surface area contributed by atoms with Crippen LogP contribution in [0.5, 0.6) is 0 Å². The van der Waals surface area contributed by atoms with Crippen molar-refractivity contribution in [2.45, 2.75) is 25.8 Å². The van der Waals surface area contributed by atoms with E-state index in [1.807, 2.05) is 11.8 Å². The first-order valence-corrected chi connectivity index (χ1v) is 5.63. The van der Waals surface area contributed by atoms with Gasteiger partial charge in [-0.25, -0.2) is 0 Å². The molecule has 0 aromatic carbocycles. The van der Waals surface area contributed by atoms with E-state index in [1.54, 1.807) is 0 Å². The number of methoxy groups -OCH3 is 1. The van der Waals surface area contributed by atoms with Crippen LogP contribution < -0.4 is 5.32 Å². The summed E-state index contributed by atoms with van der Waals surface area (Å²) in [5, 5.41) is 2.82. The van der Waals surface area contributed by atoms with Gasteiger partial charge in [0.05, 0.1) is 6.04 Å². The fourth-order valence-corrected chi connectivity index (χ4v) is 1.92. The number of carbonyl (C=O) groups is 2. The standard InChI is InChI=1S/C11H18N2O3/c1-11(3-4-11)10(15)13-5-8(6-13)12-9(14)7-16-2/h8H,3-7H2,1-2H3,(H,12,14). The lowest BCUT2D eigenvalue weighted by atomic mass is 10.0. The van der Waals surface area contributed by atoms with Crippen molar-refractivity contribution in [2.24, 2.45) is 5.41 Å². The smallest absolute Gasteiger partial charge is 0.246 e. The predicted molar refractivity (Wildman–Crippen MR) is 57.7 cm³/mol. The maximum Gasteiger partial charge on any atom is 0.246 e. The van der Waals surface area contributed by atoms with E-state index in [0.717, 1.165) is 12.8 Å². The van der Waals surface area contributed by atoms with Crippen LogP contribution in [0, 0.1) is 5.41 Å². The molecule has 1 aliphatic heterocycles. The third-order valence-electron chi connectivity index (χ3n) is 3.33. The fourth-order valence-electron chi connectivity index (χ4n) is 1.92. The summed E-state index contributed by atoms with van der Waals surface area (Å²) in [6.45, 7) is 3.38. The van der Waals surface area contributed by atoms with Crippen LogP contribution in [-0.2, 0) is 14.3 Å². The quantitative estimate of drug-likeness (QED) is 0.719. The van der Waals surface area contributed by atoms with E-state index in [4.69, 9.17) is 4.74 Å². The molecule has 16 heavy (non-hydrogen) atoms. The molecule has 5 heteroatoms. The number of rotatable bonds is 4. The molecule has 2 rings (SSSR count). The average molecular weight is 226 g/mol. The SMILES string of the molecule is COCC(=O)NC1CN(C(=O)C2(C)CC2)C1. The molecule has 0 spiro atoms. The predicted octanol–water partition coefficient (Wildman–Crippen LogP) is -0.240. The summed E-state index contributed by atoms with van der Waals surface area (Å²) >= 11 is 0. The Morgan fingerprint density at radius 1 is 1.44 bits per heavy atom. The minimum absolute atomic E-state index is 0.0855. The third kappa shape index (κ3) is 2.19. The number of hydrogen-bond acceptors (Lipinski definition) is 3. The molecule has 0 aromatic rings. The molecule has 0 radical (unpaired) electrons. The number of nitrogens with zero attached hydrogens (tertiary/aromatic N) is 1. The van der Waals surface area contributed by atoms with Gasteiger partial charge < -0.3 is 15.0 Å². The first kappa shape index (κ1) is 11.4. The molecule has 1 N–H and O–H groups in total. The van der Waals surface area contributed by atoms with Gasteiger partial charge in [0, 0.05) is 25.6 Å². The number of nitrogens with one attached hydrogen (secondary N) is 1. The van der Waals surface area contributed by atoms with Gasteiger partial charge in [0.15, 0.2) is 0 Å². The van der Waals surface area contributed by atoms with E-state index in [9.17, 15) is 9.59 Å². The lowest BCUT2D eigenvalue weighted by molar-refractivity contribution is -0.143. The summed E-state index contributed by atoms with van der Waals surface area (Å²) in [4.78, 5) is 24.9. The van der Waals surface area contributed by atoms with Crippen LogP contribution in [0.15, 0.2) is 0 Å². The van der Waals surface area contributed by atoms with E-state index < -0.39 is 0 Å². The van der Waals surface area contributed by atoms with Gasteiger partial charge in [0.25, 0.3) is 0 Å². The van der Waals surface area contributed by atoms with Crippen LogP contribution in [0.2, 0.25) is 0 Å². The second-order valence-electron chi connectivity index (χ2n) is 4.97. The van der Waals surface area contributed by atoms with Gasteiger partial charge in [-0.3, -0.25) is 9.59 Å². The molecule has 1 saturated heterocycles. The molecule has 0 atom stereocenters. The van der Waals surface area contributed by atoms with E-state index in [-0.39, 0.29) is 29.9 Å². The van der Waals surface area contributed by atoms with Crippen molar-refractivity contribution < 1.29 is 14.3 Å². The molecule has 2 amide bonds. The van der Waals surface area contributed by atoms with Crippen LogP contribution in [0.25, 0.3) is 0 Å². The maximum atomic E-state index is 11.9. The summed E-state index contributed by atoms with van der Waals surface area (Å²) in [5.41, 5.74) is -0.0957. The van der Waals surface area contributed by atoms with Crippen molar-refractivity contribution >= 4 is 11.8 Å². The maximum absolute atomic E-state index is 11.9. The van der Waals surface area contributed by atoms with Crippen LogP contribution in [0.4, 0.5) is 0 Å². The van der Waals surface area contributed by atoms with Crippen molar-refractivity contribution in [3.8, 4) is 0 Å². The minimum Gasteiger partial charge on any atom is -0.375 e. The Kier molecular flexibility index (Phi) is 2.88. The second-order valence-corrected chi connectivity index (χ2v) is 4.97. The molecule has 1 aliphatic carbocycles. The lowest BCUT2D eigenvalue weighted by Crippen LogP contribution is -2.62. The van der Waals surface area contributed by atoms with Gasteiger partial charge in [-0.1, -0.05) is 6.92 Å². The monoisotopic (exact) mass is 226 g/mol. The number of likely N-dealkylation sites (tertiary alicyclic amines) is 1. The number of hydrogen-bond donors (Lipinski definition) is 1. The molecule has 1 heterocycles. The van der Waals surface area contributed by atoms with E-state index >= 15 is 0 Å². The molecule has 2 fully saturated rings. The van der Waals surface area contributed by atoms with Crippen LogP contribution in [0.3, 0.4) is 0 Å². The Hall–Kier alpha value is -1.10. The van der Waals surface area contributed by atoms with Crippen molar-refractivity contribution in [1.29, 1.82) is 0 Å². The normalized spacial score (nSPS) is 22.5. The number of carbonyl (C=O) groups excluding carboxylic acids is 2. The van der Waals surface area contributed by atoms with E-state index in [1.165, 1.54) is 7.11 Å². The Morgan fingerprint density at radius 3 is 2.56 bits per heavy atom. The molecule has 0 bridgehead atoms. The van der Waals surface area contributed by atoms with Gasteiger partial charge in [0.2, 0.25) is 11.8 Å². The Labute approximate surface area is 95.1 Å². The molecular weight excluding hydrogens is 208 g/mol. The van der Waals surface area contributed by atoms with E-state index in [2.05, 4.69) is 5.32 Å². The molecule has 2 aliphatic rings. The zero-order valence-electron chi connectivity index (χ0n) is 9.78. The Morgan fingerprint density at radius 2 is 2.06 bits per heavy atom. The Balaban J connectivity index is 1.69. The highest BCUT2D eigenvalue weighted by Crippen LogP contribution is 2.47. The molecular formula is C11H18N2O3. The zero-order valence-corrected chi connectivity index (χ0v) is 9.78. The van der Waals surface area contributed by atoms with Crippen molar-refractivity contribution in [3.63, 3.8) is 0 Å². The largest absolute Gasteiger partial charge is 0.375 e. The van der Waals surface area contributed by atoms with Gasteiger partial charge in [0.1, 0.15) is 6.61 Å². The van der Waals surface area contributed by atoms with E-state index in [0.29, 0.717) is 13.1 Å². The summed E-state index contributed by atoms with van der Waals surface area (Å²) in [7, 11) is 1.49. The average Bonchev–Trinajstić information content (AvgIpc) is 2.90. The van der Waals surface area contributed by atoms with Gasteiger partial charge >= 0.3 is 0 Å². The highest BCUT2D eigenvalue weighted by Gasteiger charge is 2.49. The van der Waals surface area contributed by atoms with Gasteiger partial charge in [-0.15, -0.1) is 0 Å². The van der Waals surface area contributed by atoms with Gasteiger partial charge in [-0.2, -0.15) is 0 Å². The fraction of sp³-hybridized carbons (Fsp3) is 0.818. The lowest BCUT2D eigenvalue weighted by Gasteiger charge is -2.41. The van der Waals surface area contributed by atoms with Crippen LogP contribution in [0.1, 0.15) is 19.8 Å². The number of ether oxygens (including phenoxy) is 1. The van der Waals surface area contributed by atoms with Crippen molar-refractivity contribution in [2.75, 3.05) is 26.8 Å². The first-order chi connectivity index (χ1) is 7.55. The molecule has 0 aromatic heterocycles. The van der Waals surface area contributed by atoms with Crippen LogP contribution in [-0.4, -0.2) is 49.6 Å². The van der Waals surface area contributed by atoms with Crippen molar-refractivity contribution in [3.05, 3.63) is 0 Å². The number of amides is 2. The molecule has 5 nitrogen and oxygen atoms in total. The first-order valence-electron chi connectivity index (χ1n) is 5.63. The summed E-state index contributed by atoms with van der Waals surface area (Å²) in [5.74, 6) is 0.127. The second kappa shape index (κ2) is 4.05. The van der Waals surface area contributed by atoms with Gasteiger partial charge in [-0.05, 0) is 12.8 Å². The van der Waals surface area contributed by atoms with Crippen LogP contribution >= 0.6 is 0 Å².